The van der Waals surface area contributed by atoms with Crippen LogP contribution in [0, 0.1) is 6.92 Å². The third-order valence-corrected chi connectivity index (χ3v) is 2.26. The topological polar surface area (TPSA) is 37.5 Å². The summed E-state index contributed by atoms with van der Waals surface area (Å²) in [4.78, 5) is 0. The zero-order chi connectivity index (χ0) is 8.55. The van der Waals surface area contributed by atoms with Gasteiger partial charge in [0.05, 0.1) is 5.69 Å². The molecule has 1 N–H and O–H groups in total. The average Bonchev–Trinajstić information content (AvgIpc) is 2.44. The van der Waals surface area contributed by atoms with E-state index >= 15 is 0 Å². The number of fused-ring (bicyclic) bond motifs is 1. The normalized spacial score (nSPS) is 19.6. The molecule has 2 heterocycles. The van der Waals surface area contributed by atoms with Crippen LogP contribution < -0.4 is 0 Å². The van der Waals surface area contributed by atoms with Crippen LogP contribution in [0.2, 0.25) is 0 Å². The van der Waals surface area contributed by atoms with Gasteiger partial charge in [-0.1, -0.05) is 5.16 Å². The Morgan fingerprint density at radius 3 is 3.17 bits per heavy atom. The number of aryl methyl sites for hydroxylation is 2. The van der Waals surface area contributed by atoms with Crippen LogP contribution in [-0.4, -0.2) is 15.5 Å². The zero-order valence-electron chi connectivity index (χ0n) is 7.12. The summed E-state index contributed by atoms with van der Waals surface area (Å²) in [6, 6.07) is 2.06. The van der Waals surface area contributed by atoms with E-state index in [2.05, 4.69) is 28.9 Å². The second kappa shape index (κ2) is 2.66. The van der Waals surface area contributed by atoms with Crippen molar-refractivity contribution >= 4 is 5.71 Å². The Morgan fingerprint density at radius 2 is 2.42 bits per heavy atom. The van der Waals surface area contributed by atoms with Crippen LogP contribution in [0.5, 0.6) is 0 Å². The minimum absolute atomic E-state index is 0.814. The van der Waals surface area contributed by atoms with Crippen molar-refractivity contribution in [2.45, 2.75) is 26.3 Å². The van der Waals surface area contributed by atoms with Crippen molar-refractivity contribution < 1.29 is 5.21 Å². The smallest absolute Gasteiger partial charge is 0.103 e. The maximum Gasteiger partial charge on any atom is 0.103 e. The summed E-state index contributed by atoms with van der Waals surface area (Å²) in [5, 5.41) is 12.0. The number of nitrogens with zero attached hydrogens (tertiary/aromatic N) is 2. The number of oxime groups is 1. The second-order valence-corrected chi connectivity index (χ2v) is 3.25. The molecule has 0 bridgehead atoms. The van der Waals surface area contributed by atoms with Crippen molar-refractivity contribution in [2.24, 2.45) is 5.16 Å². The Bertz CT molecular complexity index is 325. The van der Waals surface area contributed by atoms with E-state index in [1.807, 2.05) is 0 Å². The summed E-state index contributed by atoms with van der Waals surface area (Å²) in [6.07, 6.45) is 4.06. The largest absolute Gasteiger partial charge is 0.411 e. The van der Waals surface area contributed by atoms with Gasteiger partial charge in [-0.15, -0.1) is 0 Å². The summed E-state index contributed by atoms with van der Waals surface area (Å²) >= 11 is 0. The van der Waals surface area contributed by atoms with Gasteiger partial charge in [-0.3, -0.25) is 0 Å². The van der Waals surface area contributed by atoms with E-state index in [0.717, 1.165) is 30.8 Å². The van der Waals surface area contributed by atoms with Gasteiger partial charge < -0.3 is 9.77 Å². The molecule has 1 aliphatic rings. The average molecular weight is 164 g/mol. The lowest BCUT2D eigenvalue weighted by molar-refractivity contribution is 0.316. The number of aromatic nitrogens is 1. The maximum absolute atomic E-state index is 8.72. The van der Waals surface area contributed by atoms with Gasteiger partial charge in [-0.25, -0.2) is 0 Å². The Kier molecular flexibility index (Phi) is 1.64. The SMILES string of the molecule is Cc1cc2n(c1)CCC/C2=N\O. The van der Waals surface area contributed by atoms with E-state index in [0.29, 0.717) is 0 Å². The monoisotopic (exact) mass is 164 g/mol. The Labute approximate surface area is 71.3 Å². The lowest BCUT2D eigenvalue weighted by Gasteiger charge is -2.15. The van der Waals surface area contributed by atoms with Gasteiger partial charge in [0.1, 0.15) is 5.71 Å². The molecule has 0 aromatic carbocycles. The van der Waals surface area contributed by atoms with Crippen molar-refractivity contribution in [3.05, 3.63) is 23.5 Å². The van der Waals surface area contributed by atoms with E-state index in [1.54, 1.807) is 0 Å². The predicted molar refractivity (Wildman–Crippen MR) is 46.7 cm³/mol. The third-order valence-electron chi connectivity index (χ3n) is 2.26. The molecule has 3 nitrogen and oxygen atoms in total. The van der Waals surface area contributed by atoms with Gasteiger partial charge in [-0.05, 0) is 31.4 Å². The fraction of sp³-hybridized carbons (Fsp3) is 0.444. The van der Waals surface area contributed by atoms with Gasteiger partial charge >= 0.3 is 0 Å². The van der Waals surface area contributed by atoms with Crippen LogP contribution in [0.3, 0.4) is 0 Å². The van der Waals surface area contributed by atoms with E-state index in [4.69, 9.17) is 5.21 Å². The van der Waals surface area contributed by atoms with Crippen molar-refractivity contribution in [1.82, 2.24) is 4.57 Å². The molecule has 0 unspecified atom stereocenters. The highest BCUT2D eigenvalue weighted by molar-refractivity contribution is 5.99. The molecule has 2 rings (SSSR count). The molecule has 1 aromatic rings. The van der Waals surface area contributed by atoms with Gasteiger partial charge in [0.15, 0.2) is 0 Å². The summed E-state index contributed by atoms with van der Waals surface area (Å²) in [7, 11) is 0. The molecule has 64 valence electrons. The van der Waals surface area contributed by atoms with Crippen LogP contribution in [0.25, 0.3) is 0 Å². The summed E-state index contributed by atoms with van der Waals surface area (Å²) in [5.41, 5.74) is 3.11. The van der Waals surface area contributed by atoms with E-state index in [1.165, 1.54) is 5.56 Å². The fourth-order valence-electron chi connectivity index (χ4n) is 1.73. The van der Waals surface area contributed by atoms with Crippen LogP contribution in [-0.2, 0) is 6.54 Å². The first-order valence-corrected chi connectivity index (χ1v) is 4.19. The molecule has 0 atom stereocenters. The van der Waals surface area contributed by atoms with Gasteiger partial charge in [0, 0.05) is 12.7 Å². The van der Waals surface area contributed by atoms with E-state index in [-0.39, 0.29) is 0 Å². The van der Waals surface area contributed by atoms with Crippen molar-refractivity contribution in [1.29, 1.82) is 0 Å². The first-order chi connectivity index (χ1) is 5.81. The van der Waals surface area contributed by atoms with Crippen molar-refractivity contribution in [2.75, 3.05) is 0 Å². The third kappa shape index (κ3) is 1.02. The molecule has 1 aliphatic heterocycles. The molecule has 0 amide bonds. The number of hydrogen-bond donors (Lipinski definition) is 1. The summed E-state index contributed by atoms with van der Waals surface area (Å²) in [5.74, 6) is 0. The van der Waals surface area contributed by atoms with Crippen LogP contribution in [0.4, 0.5) is 0 Å². The van der Waals surface area contributed by atoms with Crippen LogP contribution in [0.1, 0.15) is 24.1 Å². The summed E-state index contributed by atoms with van der Waals surface area (Å²) in [6.45, 7) is 3.10. The first kappa shape index (κ1) is 7.40. The van der Waals surface area contributed by atoms with E-state index in [9.17, 15) is 0 Å². The lowest BCUT2D eigenvalue weighted by Crippen LogP contribution is -2.16. The van der Waals surface area contributed by atoms with Crippen LogP contribution >= 0.6 is 0 Å². The first-order valence-electron chi connectivity index (χ1n) is 4.19. The molecular weight excluding hydrogens is 152 g/mol. The molecule has 3 heteroatoms. The molecule has 12 heavy (non-hydrogen) atoms. The molecule has 1 aromatic heterocycles. The summed E-state index contributed by atoms with van der Waals surface area (Å²) < 4.78 is 2.15. The van der Waals surface area contributed by atoms with E-state index < -0.39 is 0 Å². The van der Waals surface area contributed by atoms with Crippen LogP contribution in [0.15, 0.2) is 17.4 Å². The van der Waals surface area contributed by atoms with Crippen molar-refractivity contribution in [3.8, 4) is 0 Å². The quantitative estimate of drug-likeness (QED) is 0.460. The molecule has 0 aliphatic carbocycles. The highest BCUT2D eigenvalue weighted by Gasteiger charge is 2.15. The van der Waals surface area contributed by atoms with Crippen molar-refractivity contribution in [3.63, 3.8) is 0 Å². The maximum atomic E-state index is 8.72. The highest BCUT2D eigenvalue weighted by atomic mass is 16.4. The second-order valence-electron chi connectivity index (χ2n) is 3.25. The number of hydrogen-bond acceptors (Lipinski definition) is 2. The Balaban J connectivity index is 2.50. The minimum Gasteiger partial charge on any atom is -0.411 e. The van der Waals surface area contributed by atoms with Gasteiger partial charge in [0.2, 0.25) is 0 Å². The molecule has 0 fully saturated rings. The Morgan fingerprint density at radius 1 is 1.58 bits per heavy atom. The number of rotatable bonds is 0. The van der Waals surface area contributed by atoms with Gasteiger partial charge in [0.25, 0.3) is 0 Å². The lowest BCUT2D eigenvalue weighted by atomic mass is 10.1. The minimum atomic E-state index is 0.814. The predicted octanol–water partition coefficient (Wildman–Crippen LogP) is 1.77. The van der Waals surface area contributed by atoms with Gasteiger partial charge in [-0.2, -0.15) is 0 Å². The molecule has 0 saturated heterocycles. The standard InChI is InChI=1S/C9H12N2O/c1-7-5-9-8(10-12)3-2-4-11(9)6-7/h5-6,12H,2-4H2,1H3/b10-8+. The fourth-order valence-corrected chi connectivity index (χ4v) is 1.73. The molecule has 0 radical (unpaired) electrons. The zero-order valence-corrected chi connectivity index (χ0v) is 7.12. The highest BCUT2D eigenvalue weighted by Crippen LogP contribution is 2.17. The Hall–Kier alpha value is -1.25. The molecule has 0 spiro atoms. The molecular formula is C9H12N2O. The molecule has 0 saturated carbocycles.